The van der Waals surface area contributed by atoms with Crippen LogP contribution in [0.2, 0.25) is 0 Å². The van der Waals surface area contributed by atoms with Gasteiger partial charge in [0, 0.05) is 23.8 Å². The smallest absolute Gasteiger partial charge is 0.0924 e. The minimum Gasteiger partial charge on any atom is -0.309 e. The molecule has 0 bridgehead atoms. The molecule has 3 nitrogen and oxygen atoms in total. The van der Waals surface area contributed by atoms with Crippen molar-refractivity contribution in [3.05, 3.63) is 41.1 Å². The number of hydrogen-bond acceptors (Lipinski definition) is 2. The summed E-state index contributed by atoms with van der Waals surface area (Å²) in [6.45, 7) is 9.37. The van der Waals surface area contributed by atoms with Gasteiger partial charge in [-0.05, 0) is 37.1 Å². The molecular formula is C15H21N3. The fourth-order valence-corrected chi connectivity index (χ4v) is 1.81. The van der Waals surface area contributed by atoms with Gasteiger partial charge in [-0.15, -0.1) is 0 Å². The Bertz CT molecular complexity index is 526. The second-order valence-corrected chi connectivity index (χ2v) is 5.11. The summed E-state index contributed by atoms with van der Waals surface area (Å²) in [5, 5.41) is 10.8. The zero-order chi connectivity index (χ0) is 13.1. The summed E-state index contributed by atoms with van der Waals surface area (Å²) in [5.41, 5.74) is 5.93. The summed E-state index contributed by atoms with van der Waals surface area (Å²) in [6.07, 6.45) is 0. The molecule has 0 spiro atoms. The van der Waals surface area contributed by atoms with Crippen molar-refractivity contribution in [2.45, 2.75) is 40.3 Å². The highest BCUT2D eigenvalue weighted by Crippen LogP contribution is 2.20. The molecule has 2 aromatic rings. The second-order valence-electron chi connectivity index (χ2n) is 5.11. The maximum atomic E-state index is 4.37. The first kappa shape index (κ1) is 12.8. The normalized spacial score (nSPS) is 11.2. The molecule has 0 aliphatic rings. The first-order valence-corrected chi connectivity index (χ1v) is 6.41. The van der Waals surface area contributed by atoms with Gasteiger partial charge in [0.2, 0.25) is 0 Å². The summed E-state index contributed by atoms with van der Waals surface area (Å²) in [5.74, 6) is 0. The van der Waals surface area contributed by atoms with Crippen molar-refractivity contribution in [3.63, 3.8) is 0 Å². The lowest BCUT2D eigenvalue weighted by Gasteiger charge is -2.05. The highest BCUT2D eigenvalue weighted by Gasteiger charge is 2.05. The predicted octanol–water partition coefficient (Wildman–Crippen LogP) is 3.19. The number of nitrogens with one attached hydrogen (secondary N) is 2. The Labute approximate surface area is 109 Å². The van der Waals surface area contributed by atoms with Crippen molar-refractivity contribution in [2.24, 2.45) is 0 Å². The van der Waals surface area contributed by atoms with Gasteiger partial charge in [0.1, 0.15) is 0 Å². The van der Waals surface area contributed by atoms with Crippen LogP contribution in [0, 0.1) is 13.8 Å². The third kappa shape index (κ3) is 2.99. The van der Waals surface area contributed by atoms with Crippen molar-refractivity contribution in [2.75, 3.05) is 0 Å². The van der Waals surface area contributed by atoms with Gasteiger partial charge in [0.15, 0.2) is 0 Å². The van der Waals surface area contributed by atoms with Gasteiger partial charge in [0.05, 0.1) is 5.69 Å². The molecule has 0 radical (unpaired) electrons. The Morgan fingerprint density at radius 3 is 2.61 bits per heavy atom. The van der Waals surface area contributed by atoms with Gasteiger partial charge in [-0.3, -0.25) is 5.10 Å². The molecule has 18 heavy (non-hydrogen) atoms. The summed E-state index contributed by atoms with van der Waals surface area (Å²) in [6, 6.07) is 9.05. The maximum Gasteiger partial charge on any atom is 0.0924 e. The van der Waals surface area contributed by atoms with E-state index < -0.39 is 0 Å². The van der Waals surface area contributed by atoms with Gasteiger partial charge < -0.3 is 5.32 Å². The quantitative estimate of drug-likeness (QED) is 0.865. The van der Waals surface area contributed by atoms with E-state index in [0.717, 1.165) is 17.9 Å². The molecule has 0 aliphatic heterocycles. The third-order valence-electron chi connectivity index (χ3n) is 3.13. The van der Waals surface area contributed by atoms with E-state index in [4.69, 9.17) is 0 Å². The molecule has 0 fully saturated rings. The molecule has 1 aromatic carbocycles. The molecule has 1 aromatic heterocycles. The van der Waals surface area contributed by atoms with E-state index in [-0.39, 0.29) is 0 Å². The number of aromatic nitrogens is 2. The summed E-state index contributed by atoms with van der Waals surface area (Å²) < 4.78 is 0. The van der Waals surface area contributed by atoms with Crippen LogP contribution in [0.3, 0.4) is 0 Å². The zero-order valence-corrected chi connectivity index (χ0v) is 11.5. The van der Waals surface area contributed by atoms with Gasteiger partial charge in [0.25, 0.3) is 0 Å². The maximum absolute atomic E-state index is 4.37. The number of nitrogens with zero attached hydrogens (tertiary/aromatic N) is 1. The van der Waals surface area contributed by atoms with Gasteiger partial charge in [-0.25, -0.2) is 0 Å². The van der Waals surface area contributed by atoms with E-state index in [2.05, 4.69) is 67.5 Å². The molecule has 2 N–H and O–H groups in total. The summed E-state index contributed by atoms with van der Waals surface area (Å²) in [4.78, 5) is 0. The van der Waals surface area contributed by atoms with Crippen molar-refractivity contribution in [3.8, 4) is 11.3 Å². The van der Waals surface area contributed by atoms with E-state index in [1.807, 2.05) is 0 Å². The van der Waals surface area contributed by atoms with Crippen LogP contribution in [0.15, 0.2) is 24.3 Å². The monoisotopic (exact) mass is 243 g/mol. The lowest BCUT2D eigenvalue weighted by atomic mass is 10.0. The SMILES string of the molecule is Cc1ccc(-c2cc(CNC(C)C)[nH]n2)cc1C. The van der Waals surface area contributed by atoms with Crippen molar-refractivity contribution in [1.29, 1.82) is 0 Å². The number of aromatic amines is 1. The Morgan fingerprint density at radius 1 is 1.17 bits per heavy atom. The molecular weight excluding hydrogens is 222 g/mol. The fourth-order valence-electron chi connectivity index (χ4n) is 1.81. The third-order valence-corrected chi connectivity index (χ3v) is 3.13. The van der Waals surface area contributed by atoms with Gasteiger partial charge in [-0.1, -0.05) is 26.0 Å². The fraction of sp³-hybridized carbons (Fsp3) is 0.400. The van der Waals surface area contributed by atoms with Gasteiger partial charge in [-0.2, -0.15) is 5.10 Å². The van der Waals surface area contributed by atoms with E-state index in [9.17, 15) is 0 Å². The molecule has 0 saturated carbocycles. The van der Waals surface area contributed by atoms with E-state index >= 15 is 0 Å². The average Bonchev–Trinajstić information content (AvgIpc) is 2.79. The minimum atomic E-state index is 0.485. The standard InChI is InChI=1S/C15H21N3/c1-10(2)16-9-14-8-15(18-17-14)13-6-5-11(3)12(4)7-13/h5-8,10,16H,9H2,1-4H3,(H,17,18). The van der Waals surface area contributed by atoms with Crippen LogP contribution in [0.5, 0.6) is 0 Å². The van der Waals surface area contributed by atoms with Crippen LogP contribution in [0.1, 0.15) is 30.7 Å². The lowest BCUT2D eigenvalue weighted by Crippen LogP contribution is -2.21. The Morgan fingerprint density at radius 2 is 1.94 bits per heavy atom. The number of aryl methyl sites for hydroxylation is 2. The number of benzene rings is 1. The van der Waals surface area contributed by atoms with Crippen molar-refractivity contribution in [1.82, 2.24) is 15.5 Å². The molecule has 0 saturated heterocycles. The molecule has 0 unspecified atom stereocenters. The highest BCUT2D eigenvalue weighted by molar-refractivity contribution is 5.61. The lowest BCUT2D eigenvalue weighted by molar-refractivity contribution is 0.580. The van der Waals surface area contributed by atoms with Crippen LogP contribution in [0.25, 0.3) is 11.3 Å². The predicted molar refractivity (Wildman–Crippen MR) is 75.5 cm³/mol. The molecule has 0 aliphatic carbocycles. The molecule has 96 valence electrons. The second kappa shape index (κ2) is 5.36. The molecule has 0 atom stereocenters. The molecule has 3 heteroatoms. The number of hydrogen-bond donors (Lipinski definition) is 2. The topological polar surface area (TPSA) is 40.7 Å². The first-order valence-electron chi connectivity index (χ1n) is 6.41. The highest BCUT2D eigenvalue weighted by atomic mass is 15.1. The molecule has 1 heterocycles. The van der Waals surface area contributed by atoms with E-state index in [1.54, 1.807) is 0 Å². The van der Waals surface area contributed by atoms with Crippen molar-refractivity contribution >= 4 is 0 Å². The van der Waals surface area contributed by atoms with Crippen LogP contribution in [-0.2, 0) is 6.54 Å². The van der Waals surface area contributed by atoms with Crippen LogP contribution in [-0.4, -0.2) is 16.2 Å². The van der Waals surface area contributed by atoms with Crippen LogP contribution < -0.4 is 5.32 Å². The van der Waals surface area contributed by atoms with E-state index in [1.165, 1.54) is 16.7 Å². The number of rotatable bonds is 4. The summed E-state index contributed by atoms with van der Waals surface area (Å²) in [7, 11) is 0. The zero-order valence-electron chi connectivity index (χ0n) is 11.5. The van der Waals surface area contributed by atoms with Crippen molar-refractivity contribution < 1.29 is 0 Å². The Kier molecular flexibility index (Phi) is 3.82. The van der Waals surface area contributed by atoms with E-state index in [0.29, 0.717) is 6.04 Å². The summed E-state index contributed by atoms with van der Waals surface area (Å²) >= 11 is 0. The Balaban J connectivity index is 2.16. The van der Waals surface area contributed by atoms with Crippen LogP contribution in [0.4, 0.5) is 0 Å². The minimum absolute atomic E-state index is 0.485. The van der Waals surface area contributed by atoms with Crippen LogP contribution >= 0.6 is 0 Å². The number of H-pyrrole nitrogens is 1. The van der Waals surface area contributed by atoms with Gasteiger partial charge >= 0.3 is 0 Å². The largest absolute Gasteiger partial charge is 0.309 e. The first-order chi connectivity index (χ1) is 8.56. The Hall–Kier alpha value is -1.61. The molecule has 0 amide bonds. The molecule has 2 rings (SSSR count). The average molecular weight is 243 g/mol.